The highest BCUT2D eigenvalue weighted by Gasteiger charge is 2.19. The van der Waals surface area contributed by atoms with Crippen LogP contribution in [0.5, 0.6) is 5.75 Å². The molecule has 0 aromatic heterocycles. The van der Waals surface area contributed by atoms with Crippen LogP contribution in [-0.4, -0.2) is 12.9 Å². The highest BCUT2D eigenvalue weighted by molar-refractivity contribution is 5.79. The first kappa shape index (κ1) is 9.97. The number of hydrogen-bond donors (Lipinski definition) is 0. The summed E-state index contributed by atoms with van der Waals surface area (Å²) in [5.41, 5.74) is 3.03. The van der Waals surface area contributed by atoms with E-state index in [1.165, 1.54) is 5.56 Å². The third kappa shape index (κ3) is 1.80. The van der Waals surface area contributed by atoms with Gasteiger partial charge < -0.3 is 4.74 Å². The van der Waals surface area contributed by atoms with Gasteiger partial charge in [-0.25, -0.2) is 0 Å². The van der Waals surface area contributed by atoms with E-state index in [2.05, 4.69) is 6.58 Å². The molecule has 0 unspecified atom stereocenters. The summed E-state index contributed by atoms with van der Waals surface area (Å²) < 4.78 is 5.58. The minimum atomic E-state index is 0.696. The van der Waals surface area contributed by atoms with Crippen LogP contribution < -0.4 is 4.74 Å². The van der Waals surface area contributed by atoms with Crippen LogP contribution >= 0.6 is 0 Å². The first-order valence-electron chi connectivity index (χ1n) is 5.20. The van der Waals surface area contributed by atoms with E-state index < -0.39 is 0 Å². The zero-order valence-corrected chi connectivity index (χ0v) is 8.66. The van der Waals surface area contributed by atoms with Crippen molar-refractivity contribution < 1.29 is 9.53 Å². The lowest BCUT2D eigenvalue weighted by Gasteiger charge is -2.08. The van der Waals surface area contributed by atoms with Gasteiger partial charge in [-0.05, 0) is 18.4 Å². The Morgan fingerprint density at radius 2 is 2.33 bits per heavy atom. The van der Waals surface area contributed by atoms with Crippen molar-refractivity contribution in [2.75, 3.05) is 6.61 Å². The number of hydrogen-bond acceptors (Lipinski definition) is 2. The van der Waals surface area contributed by atoms with Gasteiger partial charge in [-0.3, -0.25) is 4.79 Å². The number of aryl methyl sites for hydroxylation is 1. The predicted molar refractivity (Wildman–Crippen MR) is 59.5 cm³/mol. The van der Waals surface area contributed by atoms with Crippen molar-refractivity contribution in [3.05, 3.63) is 41.5 Å². The molecule has 0 aliphatic carbocycles. The number of allylic oxidation sites excluding steroid dienone is 1. The number of carbonyl (C=O) groups excluding carboxylic acids is 1. The van der Waals surface area contributed by atoms with Crippen LogP contribution in [-0.2, 0) is 12.8 Å². The van der Waals surface area contributed by atoms with E-state index in [9.17, 15) is 4.79 Å². The van der Waals surface area contributed by atoms with Gasteiger partial charge in [0.05, 0.1) is 6.61 Å². The molecule has 0 saturated heterocycles. The maximum absolute atomic E-state index is 10.8. The minimum Gasteiger partial charge on any atom is -0.493 e. The molecule has 1 aliphatic rings. The Morgan fingerprint density at radius 3 is 3.07 bits per heavy atom. The van der Waals surface area contributed by atoms with Crippen LogP contribution in [0.1, 0.15) is 27.9 Å². The molecule has 0 atom stereocenters. The second-order valence-corrected chi connectivity index (χ2v) is 3.67. The average Bonchev–Trinajstić information content (AvgIpc) is 2.74. The molecule has 0 amide bonds. The fraction of sp³-hybridized carbons (Fsp3) is 0.308. The van der Waals surface area contributed by atoms with Gasteiger partial charge >= 0.3 is 0 Å². The fourth-order valence-electron chi connectivity index (χ4n) is 1.95. The molecule has 0 bridgehead atoms. The normalized spacial score (nSPS) is 13.1. The molecule has 0 N–H and O–H groups in total. The molecule has 2 heteroatoms. The molecule has 2 rings (SSSR count). The standard InChI is InChI=1S/C13H14O2/c1-2-3-4-10-5-6-11(9-14)12-7-8-15-13(10)12/h2,5-6,9H,1,3-4,7-8H2. The molecule has 1 aromatic carbocycles. The summed E-state index contributed by atoms with van der Waals surface area (Å²) in [5, 5.41) is 0. The maximum Gasteiger partial charge on any atom is 0.150 e. The Bertz CT molecular complexity index is 394. The molecule has 78 valence electrons. The Hall–Kier alpha value is -1.57. The lowest BCUT2D eigenvalue weighted by Crippen LogP contribution is -1.93. The van der Waals surface area contributed by atoms with Crippen molar-refractivity contribution in [3.63, 3.8) is 0 Å². The second-order valence-electron chi connectivity index (χ2n) is 3.67. The van der Waals surface area contributed by atoms with Crippen LogP contribution in [0.15, 0.2) is 24.8 Å². The number of rotatable bonds is 4. The van der Waals surface area contributed by atoms with Gasteiger partial charge in [0, 0.05) is 17.5 Å². The SMILES string of the molecule is C=CCCc1ccc(C=O)c2c1OCC2. The van der Waals surface area contributed by atoms with Gasteiger partial charge in [0.1, 0.15) is 12.0 Å². The molecule has 0 fully saturated rings. The van der Waals surface area contributed by atoms with E-state index in [0.717, 1.165) is 42.4 Å². The monoisotopic (exact) mass is 202 g/mol. The molecule has 0 saturated carbocycles. The van der Waals surface area contributed by atoms with Crippen LogP contribution in [0.3, 0.4) is 0 Å². The van der Waals surface area contributed by atoms with Crippen molar-refractivity contribution in [3.8, 4) is 5.75 Å². The van der Waals surface area contributed by atoms with Gasteiger partial charge in [-0.2, -0.15) is 0 Å². The molecule has 2 nitrogen and oxygen atoms in total. The Labute approximate surface area is 89.6 Å². The molecule has 0 spiro atoms. The van der Waals surface area contributed by atoms with Crippen molar-refractivity contribution >= 4 is 6.29 Å². The van der Waals surface area contributed by atoms with E-state index in [1.54, 1.807) is 0 Å². The summed E-state index contributed by atoms with van der Waals surface area (Å²) in [6, 6.07) is 3.87. The Balaban J connectivity index is 2.37. The van der Waals surface area contributed by atoms with Gasteiger partial charge in [-0.15, -0.1) is 6.58 Å². The highest BCUT2D eigenvalue weighted by atomic mass is 16.5. The lowest BCUT2D eigenvalue weighted by molar-refractivity contribution is 0.112. The summed E-state index contributed by atoms with van der Waals surface area (Å²) in [7, 11) is 0. The highest BCUT2D eigenvalue weighted by Crippen LogP contribution is 2.32. The molecular weight excluding hydrogens is 188 g/mol. The fourth-order valence-corrected chi connectivity index (χ4v) is 1.95. The number of benzene rings is 1. The Morgan fingerprint density at radius 1 is 1.47 bits per heavy atom. The van der Waals surface area contributed by atoms with E-state index >= 15 is 0 Å². The van der Waals surface area contributed by atoms with E-state index in [1.807, 2.05) is 18.2 Å². The van der Waals surface area contributed by atoms with Crippen LogP contribution in [0.4, 0.5) is 0 Å². The molecule has 1 aliphatic heterocycles. The summed E-state index contributed by atoms with van der Waals surface area (Å²) in [6.45, 7) is 4.40. The van der Waals surface area contributed by atoms with Gasteiger partial charge in [0.25, 0.3) is 0 Å². The van der Waals surface area contributed by atoms with Crippen LogP contribution in [0.2, 0.25) is 0 Å². The zero-order valence-electron chi connectivity index (χ0n) is 8.66. The number of fused-ring (bicyclic) bond motifs is 1. The van der Waals surface area contributed by atoms with E-state index in [4.69, 9.17) is 4.74 Å². The number of aldehydes is 1. The molecule has 15 heavy (non-hydrogen) atoms. The molecule has 0 radical (unpaired) electrons. The smallest absolute Gasteiger partial charge is 0.150 e. The Kier molecular flexibility index (Phi) is 2.86. The summed E-state index contributed by atoms with van der Waals surface area (Å²) in [5.74, 6) is 0.932. The number of carbonyl (C=O) groups is 1. The molecule has 1 heterocycles. The lowest BCUT2D eigenvalue weighted by atomic mass is 9.99. The van der Waals surface area contributed by atoms with Crippen molar-refractivity contribution in [2.24, 2.45) is 0 Å². The topological polar surface area (TPSA) is 26.3 Å². The number of ether oxygens (including phenoxy) is 1. The van der Waals surface area contributed by atoms with Crippen LogP contribution in [0.25, 0.3) is 0 Å². The van der Waals surface area contributed by atoms with Gasteiger partial charge in [-0.1, -0.05) is 18.2 Å². The summed E-state index contributed by atoms with van der Waals surface area (Å²) in [4.78, 5) is 10.8. The molecular formula is C13H14O2. The van der Waals surface area contributed by atoms with Gasteiger partial charge in [0.15, 0.2) is 0 Å². The van der Waals surface area contributed by atoms with Crippen molar-refractivity contribution in [1.82, 2.24) is 0 Å². The largest absolute Gasteiger partial charge is 0.493 e. The quantitative estimate of drug-likeness (QED) is 0.554. The predicted octanol–water partition coefficient (Wildman–Crippen LogP) is 2.55. The minimum absolute atomic E-state index is 0.696. The maximum atomic E-state index is 10.8. The van der Waals surface area contributed by atoms with Crippen LogP contribution in [0, 0.1) is 0 Å². The third-order valence-corrected chi connectivity index (χ3v) is 2.72. The molecule has 1 aromatic rings. The average molecular weight is 202 g/mol. The summed E-state index contributed by atoms with van der Waals surface area (Å²) >= 11 is 0. The zero-order chi connectivity index (χ0) is 10.7. The van der Waals surface area contributed by atoms with Gasteiger partial charge in [0.2, 0.25) is 0 Å². The van der Waals surface area contributed by atoms with Crippen molar-refractivity contribution in [1.29, 1.82) is 0 Å². The first-order chi connectivity index (χ1) is 7.36. The third-order valence-electron chi connectivity index (χ3n) is 2.72. The van der Waals surface area contributed by atoms with E-state index in [-0.39, 0.29) is 0 Å². The van der Waals surface area contributed by atoms with Crippen molar-refractivity contribution in [2.45, 2.75) is 19.3 Å². The summed E-state index contributed by atoms with van der Waals surface area (Å²) in [6.07, 6.45) is 5.53. The van der Waals surface area contributed by atoms with E-state index in [0.29, 0.717) is 6.61 Å². The first-order valence-corrected chi connectivity index (χ1v) is 5.20. The second kappa shape index (κ2) is 4.30.